The van der Waals surface area contributed by atoms with Gasteiger partial charge in [0.2, 0.25) is 0 Å². The maximum atomic E-state index is 13.3. The van der Waals surface area contributed by atoms with Crippen LogP contribution < -0.4 is 11.1 Å². The number of nitrogens with two attached hydrogens (primary N) is 1. The molecule has 10 heteroatoms. The first kappa shape index (κ1) is 21.4. The summed E-state index contributed by atoms with van der Waals surface area (Å²) in [5.41, 5.74) is 7.78. The number of carbonyl (C=O) groups is 2. The van der Waals surface area contributed by atoms with Gasteiger partial charge in [-0.1, -0.05) is 0 Å². The largest absolute Gasteiger partial charge is 0.381 e. The van der Waals surface area contributed by atoms with Gasteiger partial charge in [-0.15, -0.1) is 0 Å². The number of benzene rings is 1. The van der Waals surface area contributed by atoms with Gasteiger partial charge >= 0.3 is 0 Å². The molecule has 0 unspecified atom stereocenters. The Balaban J connectivity index is 1.36. The number of hydrogen-bond donors (Lipinski definition) is 3. The topological polar surface area (TPSA) is 138 Å². The van der Waals surface area contributed by atoms with Crippen LogP contribution in [-0.2, 0) is 9.84 Å². The Kier molecular flexibility index (Phi) is 5.12. The first-order valence-electron chi connectivity index (χ1n) is 10.9. The van der Waals surface area contributed by atoms with E-state index in [1.807, 2.05) is 11.0 Å². The van der Waals surface area contributed by atoms with Crippen LogP contribution in [0.5, 0.6) is 0 Å². The van der Waals surface area contributed by atoms with Crippen molar-refractivity contribution in [2.45, 2.75) is 48.7 Å². The van der Waals surface area contributed by atoms with Gasteiger partial charge in [-0.25, -0.2) is 13.4 Å². The number of aromatic amines is 1. The zero-order chi connectivity index (χ0) is 23.3. The summed E-state index contributed by atoms with van der Waals surface area (Å²) in [6, 6.07) is 8.23. The lowest BCUT2D eigenvalue weighted by molar-refractivity contribution is 0.0583. The Morgan fingerprint density at radius 2 is 1.79 bits per heavy atom. The number of sulfone groups is 1. The predicted octanol–water partition coefficient (Wildman–Crippen LogP) is 2.31. The molecule has 2 aliphatic rings. The summed E-state index contributed by atoms with van der Waals surface area (Å²) >= 11 is 0. The first-order valence-corrected chi connectivity index (χ1v) is 12.8. The van der Waals surface area contributed by atoms with Crippen molar-refractivity contribution < 1.29 is 18.0 Å². The highest BCUT2D eigenvalue weighted by Crippen LogP contribution is 2.39. The standard InChI is InChI=1S/C23H25N5O4S/c1-33(31,32)17-6-2-13(3-7-17)23(30)28-15-4-5-16(28)11-14(10-15)27-20-18-8-9-25-22(18)26-12-19(20)21(24)29/h2-3,6-9,12,14-16H,4-5,10-11H2,1H3,(H2,24,29)(H2,25,26,27)/t14-,15-,16+. The van der Waals surface area contributed by atoms with Crippen LogP contribution in [0.1, 0.15) is 46.4 Å². The predicted molar refractivity (Wildman–Crippen MR) is 124 cm³/mol. The number of carbonyl (C=O) groups excluding carboxylic acids is 2. The molecule has 2 amide bonds. The highest BCUT2D eigenvalue weighted by Gasteiger charge is 2.43. The van der Waals surface area contributed by atoms with Crippen molar-refractivity contribution in [2.24, 2.45) is 5.73 Å². The van der Waals surface area contributed by atoms with Gasteiger partial charge in [0.25, 0.3) is 11.8 Å². The van der Waals surface area contributed by atoms with E-state index in [1.54, 1.807) is 18.3 Å². The van der Waals surface area contributed by atoms with Crippen molar-refractivity contribution in [1.29, 1.82) is 0 Å². The zero-order valence-corrected chi connectivity index (χ0v) is 18.9. The smallest absolute Gasteiger partial charge is 0.254 e. The molecule has 3 aromatic rings. The number of aromatic nitrogens is 2. The minimum absolute atomic E-state index is 0.0731. The lowest BCUT2D eigenvalue weighted by atomic mass is 9.95. The molecule has 2 fully saturated rings. The monoisotopic (exact) mass is 467 g/mol. The summed E-state index contributed by atoms with van der Waals surface area (Å²) in [5, 5.41) is 4.33. The van der Waals surface area contributed by atoms with Gasteiger partial charge in [-0.2, -0.15) is 0 Å². The van der Waals surface area contributed by atoms with E-state index < -0.39 is 15.7 Å². The number of pyridine rings is 1. The minimum Gasteiger partial charge on any atom is -0.381 e. The third kappa shape index (κ3) is 3.84. The number of primary amides is 1. The van der Waals surface area contributed by atoms with Crippen molar-refractivity contribution in [1.82, 2.24) is 14.9 Å². The Morgan fingerprint density at radius 3 is 2.39 bits per heavy atom. The number of hydrogen-bond acceptors (Lipinski definition) is 6. The van der Waals surface area contributed by atoms with Crippen LogP contribution in [0, 0.1) is 0 Å². The Bertz CT molecular complexity index is 1330. The van der Waals surface area contributed by atoms with Crippen LogP contribution in [0.15, 0.2) is 47.6 Å². The summed E-state index contributed by atoms with van der Waals surface area (Å²) in [5.74, 6) is -0.614. The molecule has 2 aromatic heterocycles. The van der Waals surface area contributed by atoms with Gasteiger partial charge in [0.15, 0.2) is 9.84 Å². The molecule has 2 saturated heterocycles. The molecular weight excluding hydrogens is 442 g/mol. The first-order chi connectivity index (χ1) is 15.7. The second-order valence-electron chi connectivity index (χ2n) is 8.86. The number of piperidine rings is 1. The average molecular weight is 468 g/mol. The molecule has 2 bridgehead atoms. The van der Waals surface area contributed by atoms with Crippen LogP contribution in [0.25, 0.3) is 11.0 Å². The van der Waals surface area contributed by atoms with Gasteiger partial charge in [0, 0.05) is 47.7 Å². The van der Waals surface area contributed by atoms with E-state index in [2.05, 4.69) is 15.3 Å². The number of amides is 2. The van der Waals surface area contributed by atoms with E-state index in [-0.39, 0.29) is 28.9 Å². The van der Waals surface area contributed by atoms with Crippen LogP contribution in [0.4, 0.5) is 5.69 Å². The van der Waals surface area contributed by atoms with Crippen LogP contribution in [0.2, 0.25) is 0 Å². The number of fused-ring (bicyclic) bond motifs is 3. The van der Waals surface area contributed by atoms with Gasteiger partial charge in [-0.05, 0) is 56.0 Å². The van der Waals surface area contributed by atoms with Gasteiger partial charge in [0.1, 0.15) is 5.65 Å². The normalized spacial score (nSPS) is 22.5. The third-order valence-corrected chi connectivity index (χ3v) is 7.83. The molecule has 9 nitrogen and oxygen atoms in total. The fourth-order valence-electron chi connectivity index (χ4n) is 5.17. The van der Waals surface area contributed by atoms with Crippen LogP contribution >= 0.6 is 0 Å². The molecule has 5 rings (SSSR count). The SMILES string of the molecule is CS(=O)(=O)c1ccc(C(=O)N2[C@@H]3CC[C@H]2C[C@H](Nc2c(C(N)=O)cnc4[nH]ccc24)C3)cc1. The number of rotatable bonds is 5. The molecular formula is C23H25N5O4S. The molecule has 2 aliphatic heterocycles. The Hall–Kier alpha value is -3.40. The number of nitrogens with one attached hydrogen (secondary N) is 2. The molecule has 0 radical (unpaired) electrons. The molecule has 0 saturated carbocycles. The minimum atomic E-state index is -3.31. The maximum Gasteiger partial charge on any atom is 0.254 e. The molecule has 4 N–H and O–H groups in total. The van der Waals surface area contributed by atoms with E-state index in [0.717, 1.165) is 37.3 Å². The lowest BCUT2D eigenvalue weighted by Crippen LogP contribution is -2.49. The van der Waals surface area contributed by atoms with Gasteiger partial charge in [-0.3, -0.25) is 9.59 Å². The Labute approximate surface area is 191 Å². The molecule has 1 aromatic carbocycles. The van der Waals surface area contributed by atoms with Crippen molar-refractivity contribution >= 4 is 38.4 Å². The number of nitrogens with zero attached hydrogens (tertiary/aromatic N) is 2. The second kappa shape index (κ2) is 7.87. The van der Waals surface area contributed by atoms with Crippen LogP contribution in [-0.4, -0.2) is 59.5 Å². The van der Waals surface area contributed by atoms with E-state index in [1.165, 1.54) is 18.3 Å². The highest BCUT2D eigenvalue weighted by atomic mass is 32.2. The summed E-state index contributed by atoms with van der Waals surface area (Å²) < 4.78 is 23.4. The highest BCUT2D eigenvalue weighted by molar-refractivity contribution is 7.90. The zero-order valence-electron chi connectivity index (χ0n) is 18.1. The van der Waals surface area contributed by atoms with E-state index in [9.17, 15) is 18.0 Å². The summed E-state index contributed by atoms with van der Waals surface area (Å²) in [7, 11) is -3.31. The molecule has 33 heavy (non-hydrogen) atoms. The summed E-state index contributed by atoms with van der Waals surface area (Å²) in [4.78, 5) is 34.7. The van der Waals surface area contributed by atoms with E-state index in [4.69, 9.17) is 5.73 Å². The van der Waals surface area contributed by atoms with E-state index >= 15 is 0 Å². The van der Waals surface area contributed by atoms with Crippen molar-refractivity contribution in [3.63, 3.8) is 0 Å². The summed E-state index contributed by atoms with van der Waals surface area (Å²) in [6.45, 7) is 0. The van der Waals surface area contributed by atoms with Crippen LogP contribution in [0.3, 0.4) is 0 Å². The molecule has 172 valence electrons. The van der Waals surface area contributed by atoms with Crippen molar-refractivity contribution in [2.75, 3.05) is 11.6 Å². The van der Waals surface area contributed by atoms with Gasteiger partial charge < -0.3 is 20.9 Å². The number of anilines is 1. The maximum absolute atomic E-state index is 13.3. The fourth-order valence-corrected chi connectivity index (χ4v) is 5.81. The van der Waals surface area contributed by atoms with E-state index in [0.29, 0.717) is 22.5 Å². The molecule has 0 spiro atoms. The van der Waals surface area contributed by atoms with Crippen molar-refractivity contribution in [3.05, 3.63) is 53.9 Å². The second-order valence-corrected chi connectivity index (χ2v) is 10.9. The number of H-pyrrole nitrogens is 1. The molecule has 4 heterocycles. The quantitative estimate of drug-likeness (QED) is 0.526. The molecule has 3 atom stereocenters. The Morgan fingerprint density at radius 1 is 1.12 bits per heavy atom. The van der Waals surface area contributed by atoms with Crippen molar-refractivity contribution in [3.8, 4) is 0 Å². The van der Waals surface area contributed by atoms with Gasteiger partial charge in [0.05, 0.1) is 16.1 Å². The molecule has 0 aliphatic carbocycles. The average Bonchev–Trinajstić information content (AvgIpc) is 3.35. The third-order valence-electron chi connectivity index (χ3n) is 6.70. The fraction of sp³-hybridized carbons (Fsp3) is 0.348. The lowest BCUT2D eigenvalue weighted by Gasteiger charge is -2.40. The summed E-state index contributed by atoms with van der Waals surface area (Å²) in [6.07, 6.45) is 7.72.